The Kier molecular flexibility index (Phi) is 5.81. The lowest BCUT2D eigenvalue weighted by Crippen LogP contribution is -2.41. The van der Waals surface area contributed by atoms with Crippen molar-refractivity contribution >= 4 is 5.91 Å². The summed E-state index contributed by atoms with van der Waals surface area (Å²) in [5.41, 5.74) is 1.71. The molecule has 6 heteroatoms. The van der Waals surface area contributed by atoms with Crippen LogP contribution in [-0.2, 0) is 11.2 Å². The lowest BCUT2D eigenvalue weighted by molar-refractivity contribution is -0.123. The van der Waals surface area contributed by atoms with E-state index in [0.29, 0.717) is 24.0 Å². The van der Waals surface area contributed by atoms with Gasteiger partial charge in [0.05, 0.1) is 5.69 Å². The Hall–Kier alpha value is -2.21. The molecule has 3 rings (SSSR count). The summed E-state index contributed by atoms with van der Waals surface area (Å²) in [4.78, 5) is 16.4. The average molecular weight is 342 g/mol. The third kappa shape index (κ3) is 4.89. The van der Waals surface area contributed by atoms with Crippen LogP contribution < -0.4 is 10.6 Å². The van der Waals surface area contributed by atoms with E-state index in [2.05, 4.69) is 20.8 Å². The molecule has 0 aliphatic carbocycles. The SMILES string of the molecule is CC(C)NC(=O)C[C@@H]1CCNC[C@@H]1Cc1cc(-c2ccccn2)on1. The molecule has 2 atom stereocenters. The monoisotopic (exact) mass is 342 g/mol. The number of carbonyl (C=O) groups excluding carboxylic acids is 1. The summed E-state index contributed by atoms with van der Waals surface area (Å²) in [6, 6.07) is 7.86. The first-order valence-corrected chi connectivity index (χ1v) is 8.99. The van der Waals surface area contributed by atoms with Crippen molar-refractivity contribution in [2.45, 2.75) is 39.2 Å². The molecular weight excluding hydrogens is 316 g/mol. The second-order valence-electron chi connectivity index (χ2n) is 7.04. The number of aromatic nitrogens is 2. The van der Waals surface area contributed by atoms with Gasteiger partial charge in [-0.15, -0.1) is 0 Å². The van der Waals surface area contributed by atoms with Gasteiger partial charge in [-0.3, -0.25) is 9.78 Å². The van der Waals surface area contributed by atoms with Crippen LogP contribution >= 0.6 is 0 Å². The molecule has 25 heavy (non-hydrogen) atoms. The van der Waals surface area contributed by atoms with E-state index in [1.54, 1.807) is 6.20 Å². The maximum Gasteiger partial charge on any atom is 0.220 e. The first-order valence-electron chi connectivity index (χ1n) is 8.99. The molecule has 1 fully saturated rings. The van der Waals surface area contributed by atoms with Crippen molar-refractivity contribution in [3.8, 4) is 11.5 Å². The van der Waals surface area contributed by atoms with Gasteiger partial charge in [0, 0.05) is 24.7 Å². The van der Waals surface area contributed by atoms with E-state index in [1.807, 2.05) is 38.1 Å². The number of nitrogens with zero attached hydrogens (tertiary/aromatic N) is 2. The van der Waals surface area contributed by atoms with Gasteiger partial charge in [0.1, 0.15) is 5.69 Å². The molecule has 2 aromatic heterocycles. The molecule has 1 aliphatic rings. The standard InChI is InChI=1S/C19H26N4O2/c1-13(2)22-19(24)10-14-6-8-20-12-15(14)9-16-11-18(25-23-16)17-5-3-4-7-21-17/h3-5,7,11,13-15,20H,6,8-10,12H2,1-2H3,(H,22,24)/t14-,15-/m0/s1. The van der Waals surface area contributed by atoms with Gasteiger partial charge in [-0.25, -0.2) is 0 Å². The van der Waals surface area contributed by atoms with Crippen molar-refractivity contribution in [3.63, 3.8) is 0 Å². The summed E-state index contributed by atoms with van der Waals surface area (Å²) >= 11 is 0. The number of nitrogens with one attached hydrogen (secondary N) is 2. The molecule has 0 bridgehead atoms. The summed E-state index contributed by atoms with van der Waals surface area (Å²) in [5.74, 6) is 1.58. The molecule has 2 N–H and O–H groups in total. The first-order chi connectivity index (χ1) is 12.1. The third-order valence-corrected chi connectivity index (χ3v) is 4.61. The van der Waals surface area contributed by atoms with Gasteiger partial charge in [0.25, 0.3) is 0 Å². The maximum atomic E-state index is 12.1. The number of amides is 1. The second-order valence-corrected chi connectivity index (χ2v) is 7.04. The van der Waals surface area contributed by atoms with Crippen molar-refractivity contribution in [1.82, 2.24) is 20.8 Å². The first kappa shape index (κ1) is 17.6. The molecule has 134 valence electrons. The summed E-state index contributed by atoms with van der Waals surface area (Å²) in [5, 5.41) is 10.6. The van der Waals surface area contributed by atoms with Crippen LogP contribution in [0.4, 0.5) is 0 Å². The molecule has 0 saturated carbocycles. The van der Waals surface area contributed by atoms with Crippen LogP contribution in [0.1, 0.15) is 32.4 Å². The number of hydrogen-bond acceptors (Lipinski definition) is 5. The fraction of sp³-hybridized carbons (Fsp3) is 0.526. The molecule has 0 aromatic carbocycles. The molecular formula is C19H26N4O2. The molecule has 2 aromatic rings. The predicted octanol–water partition coefficient (Wildman–Crippen LogP) is 2.42. The van der Waals surface area contributed by atoms with Crippen LogP contribution in [0, 0.1) is 11.8 Å². The summed E-state index contributed by atoms with van der Waals surface area (Å²) in [6.45, 7) is 5.86. The van der Waals surface area contributed by atoms with Crippen LogP contribution in [0.3, 0.4) is 0 Å². The Morgan fingerprint density at radius 1 is 1.40 bits per heavy atom. The van der Waals surface area contributed by atoms with Crippen LogP contribution in [0.2, 0.25) is 0 Å². The number of hydrogen-bond donors (Lipinski definition) is 2. The molecule has 0 spiro atoms. The number of piperidine rings is 1. The molecule has 1 amide bonds. The highest BCUT2D eigenvalue weighted by atomic mass is 16.5. The Bertz CT molecular complexity index is 684. The van der Waals surface area contributed by atoms with E-state index in [9.17, 15) is 4.79 Å². The Labute approximate surface area is 148 Å². The van der Waals surface area contributed by atoms with Crippen LogP contribution in [0.25, 0.3) is 11.5 Å². The average Bonchev–Trinajstić information content (AvgIpc) is 3.05. The van der Waals surface area contributed by atoms with Crippen LogP contribution in [0.15, 0.2) is 35.0 Å². The van der Waals surface area contributed by atoms with E-state index >= 15 is 0 Å². The fourth-order valence-corrected chi connectivity index (χ4v) is 3.41. The summed E-state index contributed by atoms with van der Waals surface area (Å²) in [7, 11) is 0. The largest absolute Gasteiger partial charge is 0.354 e. The van der Waals surface area contributed by atoms with E-state index < -0.39 is 0 Å². The number of carbonyl (C=O) groups is 1. The second kappa shape index (κ2) is 8.25. The van der Waals surface area contributed by atoms with Gasteiger partial charge >= 0.3 is 0 Å². The quantitative estimate of drug-likeness (QED) is 0.843. The highest BCUT2D eigenvalue weighted by Crippen LogP contribution is 2.27. The highest BCUT2D eigenvalue weighted by molar-refractivity contribution is 5.76. The number of pyridine rings is 1. The lowest BCUT2D eigenvalue weighted by atomic mass is 9.81. The van der Waals surface area contributed by atoms with Gasteiger partial charge < -0.3 is 15.2 Å². The predicted molar refractivity (Wildman–Crippen MR) is 95.8 cm³/mol. The summed E-state index contributed by atoms with van der Waals surface area (Å²) in [6.07, 6.45) is 4.14. The zero-order valence-electron chi connectivity index (χ0n) is 14.9. The van der Waals surface area contributed by atoms with Gasteiger partial charge in [0.2, 0.25) is 5.91 Å². The van der Waals surface area contributed by atoms with Crippen LogP contribution in [0.5, 0.6) is 0 Å². The molecule has 6 nitrogen and oxygen atoms in total. The Balaban J connectivity index is 1.64. The van der Waals surface area contributed by atoms with Crippen LogP contribution in [-0.4, -0.2) is 35.2 Å². The van der Waals surface area contributed by atoms with E-state index in [0.717, 1.165) is 37.3 Å². The number of rotatable bonds is 6. The van der Waals surface area contributed by atoms with Crippen molar-refractivity contribution in [1.29, 1.82) is 0 Å². The fourth-order valence-electron chi connectivity index (χ4n) is 3.41. The zero-order chi connectivity index (χ0) is 17.6. The topological polar surface area (TPSA) is 80.0 Å². The van der Waals surface area contributed by atoms with Crippen molar-refractivity contribution in [3.05, 3.63) is 36.2 Å². The van der Waals surface area contributed by atoms with Gasteiger partial charge in [-0.2, -0.15) is 0 Å². The summed E-state index contributed by atoms with van der Waals surface area (Å²) < 4.78 is 5.45. The molecule has 0 radical (unpaired) electrons. The minimum absolute atomic E-state index is 0.140. The molecule has 1 saturated heterocycles. The van der Waals surface area contributed by atoms with Gasteiger partial charge in [-0.05, 0) is 63.7 Å². The van der Waals surface area contributed by atoms with E-state index in [4.69, 9.17) is 4.52 Å². The van der Waals surface area contributed by atoms with Crippen molar-refractivity contribution < 1.29 is 9.32 Å². The Morgan fingerprint density at radius 2 is 2.28 bits per heavy atom. The molecule has 3 heterocycles. The van der Waals surface area contributed by atoms with Gasteiger partial charge in [0.15, 0.2) is 5.76 Å². The normalized spacial score (nSPS) is 20.6. The maximum absolute atomic E-state index is 12.1. The van der Waals surface area contributed by atoms with E-state index in [1.165, 1.54) is 0 Å². The van der Waals surface area contributed by atoms with E-state index in [-0.39, 0.29) is 11.9 Å². The lowest BCUT2D eigenvalue weighted by Gasteiger charge is -2.31. The Morgan fingerprint density at radius 3 is 3.04 bits per heavy atom. The third-order valence-electron chi connectivity index (χ3n) is 4.61. The van der Waals surface area contributed by atoms with Gasteiger partial charge in [-0.1, -0.05) is 11.2 Å². The highest BCUT2D eigenvalue weighted by Gasteiger charge is 2.28. The minimum Gasteiger partial charge on any atom is -0.354 e. The molecule has 0 unspecified atom stereocenters. The minimum atomic E-state index is 0.140. The molecule has 1 aliphatic heterocycles. The van der Waals surface area contributed by atoms with Crippen molar-refractivity contribution in [2.24, 2.45) is 11.8 Å². The van der Waals surface area contributed by atoms with Crippen molar-refractivity contribution in [2.75, 3.05) is 13.1 Å². The zero-order valence-corrected chi connectivity index (χ0v) is 14.9. The smallest absolute Gasteiger partial charge is 0.220 e.